The number of benzene rings is 2. The number of rotatable bonds is 4. The monoisotopic (exact) mass is 359 g/mol. The fourth-order valence-corrected chi connectivity index (χ4v) is 1.93. The predicted molar refractivity (Wildman–Crippen MR) is 102 cm³/mol. The highest BCUT2D eigenvalue weighted by molar-refractivity contribution is 6.06. The summed E-state index contributed by atoms with van der Waals surface area (Å²) >= 11 is 0. The molecule has 0 radical (unpaired) electrons. The molecule has 140 valence electrons. The van der Waals surface area contributed by atoms with Gasteiger partial charge in [-0.05, 0) is 43.3 Å². The first-order chi connectivity index (χ1) is 12.5. The summed E-state index contributed by atoms with van der Waals surface area (Å²) in [5, 5.41) is 9.69. The maximum Gasteiger partial charge on any atom is 0.308 e. The van der Waals surface area contributed by atoms with E-state index < -0.39 is 5.97 Å². The van der Waals surface area contributed by atoms with Crippen LogP contribution in [0.5, 0.6) is 5.75 Å². The first-order valence-corrected chi connectivity index (χ1v) is 8.10. The average Bonchev–Trinajstić information content (AvgIpc) is 2.66. The zero-order valence-corrected chi connectivity index (χ0v) is 15.7. The molecule has 0 aromatic heterocycles. The molecule has 26 heavy (non-hydrogen) atoms. The van der Waals surface area contributed by atoms with E-state index in [9.17, 15) is 14.4 Å². The van der Waals surface area contributed by atoms with E-state index in [2.05, 4.69) is 5.32 Å². The topological polar surface area (TPSA) is 92.7 Å². The molecule has 0 saturated carbocycles. The SMILES string of the molecule is CC.CC(=O)Oc1ccc(C(=O)Nc2ccc(C)cc2C=O)cc1.CO. The smallest absolute Gasteiger partial charge is 0.308 e. The summed E-state index contributed by atoms with van der Waals surface area (Å²) < 4.78 is 4.90. The number of ether oxygens (including phenoxy) is 1. The molecule has 2 rings (SSSR count). The number of carbonyl (C=O) groups is 3. The van der Waals surface area contributed by atoms with Gasteiger partial charge in [0, 0.05) is 25.2 Å². The van der Waals surface area contributed by atoms with Crippen molar-refractivity contribution >= 4 is 23.9 Å². The molecule has 0 atom stereocenters. The molecule has 0 aliphatic carbocycles. The second-order valence-electron chi connectivity index (χ2n) is 4.78. The second kappa shape index (κ2) is 12.4. The van der Waals surface area contributed by atoms with E-state index in [0.29, 0.717) is 28.8 Å². The van der Waals surface area contributed by atoms with Crippen molar-refractivity contribution in [2.24, 2.45) is 0 Å². The fourth-order valence-electron chi connectivity index (χ4n) is 1.93. The molecule has 6 heteroatoms. The third-order valence-electron chi connectivity index (χ3n) is 2.96. The zero-order chi connectivity index (χ0) is 20.1. The minimum atomic E-state index is -0.424. The van der Waals surface area contributed by atoms with Gasteiger partial charge in [0.05, 0.1) is 5.69 Å². The van der Waals surface area contributed by atoms with Crippen LogP contribution < -0.4 is 10.1 Å². The molecule has 0 aliphatic heterocycles. The molecular formula is C20H25NO5. The second-order valence-corrected chi connectivity index (χ2v) is 4.78. The van der Waals surface area contributed by atoms with Gasteiger partial charge in [0.25, 0.3) is 5.91 Å². The van der Waals surface area contributed by atoms with Crippen molar-refractivity contribution in [1.29, 1.82) is 0 Å². The maximum atomic E-state index is 12.2. The van der Waals surface area contributed by atoms with Crippen LogP contribution >= 0.6 is 0 Å². The molecule has 2 aromatic rings. The number of amides is 1. The summed E-state index contributed by atoms with van der Waals surface area (Å²) in [6.07, 6.45) is 0.701. The zero-order valence-electron chi connectivity index (χ0n) is 15.7. The Balaban J connectivity index is 0.00000146. The van der Waals surface area contributed by atoms with Crippen LogP contribution in [-0.4, -0.2) is 30.4 Å². The summed E-state index contributed by atoms with van der Waals surface area (Å²) in [7, 11) is 1.00. The van der Waals surface area contributed by atoms with Crippen LogP contribution in [0.15, 0.2) is 42.5 Å². The van der Waals surface area contributed by atoms with E-state index in [0.717, 1.165) is 12.7 Å². The van der Waals surface area contributed by atoms with Crippen molar-refractivity contribution < 1.29 is 24.2 Å². The van der Waals surface area contributed by atoms with Crippen LogP contribution in [0.1, 0.15) is 47.1 Å². The van der Waals surface area contributed by atoms with Gasteiger partial charge >= 0.3 is 5.97 Å². The van der Waals surface area contributed by atoms with E-state index in [4.69, 9.17) is 9.84 Å². The van der Waals surface area contributed by atoms with Gasteiger partial charge in [-0.3, -0.25) is 14.4 Å². The molecule has 0 heterocycles. The molecule has 0 spiro atoms. The van der Waals surface area contributed by atoms with Gasteiger partial charge in [-0.25, -0.2) is 0 Å². The normalized spacial score (nSPS) is 8.85. The average molecular weight is 359 g/mol. The predicted octanol–water partition coefficient (Wildman–Crippen LogP) is 3.62. The fraction of sp³-hybridized carbons (Fsp3) is 0.250. The van der Waals surface area contributed by atoms with Crippen LogP contribution in [0.2, 0.25) is 0 Å². The molecule has 2 N–H and O–H groups in total. The number of hydrogen-bond donors (Lipinski definition) is 2. The lowest BCUT2D eigenvalue weighted by Gasteiger charge is -2.09. The number of aliphatic hydroxyl groups excluding tert-OH is 1. The minimum Gasteiger partial charge on any atom is -0.427 e. The number of hydrogen-bond acceptors (Lipinski definition) is 5. The van der Waals surface area contributed by atoms with E-state index >= 15 is 0 Å². The molecule has 0 saturated heterocycles. The molecule has 0 aliphatic rings. The minimum absolute atomic E-state index is 0.346. The quantitative estimate of drug-likeness (QED) is 0.494. The van der Waals surface area contributed by atoms with Gasteiger partial charge in [-0.15, -0.1) is 0 Å². The molecule has 0 fully saturated rings. The first kappa shape index (κ1) is 23.0. The van der Waals surface area contributed by atoms with E-state index in [1.54, 1.807) is 24.3 Å². The Morgan fingerprint density at radius 3 is 2.12 bits per heavy atom. The van der Waals surface area contributed by atoms with Gasteiger partial charge < -0.3 is 15.2 Å². The van der Waals surface area contributed by atoms with Gasteiger partial charge in [0.2, 0.25) is 0 Å². The Morgan fingerprint density at radius 1 is 1.04 bits per heavy atom. The number of nitrogens with one attached hydrogen (secondary N) is 1. The molecule has 1 amide bonds. The van der Waals surface area contributed by atoms with Gasteiger partial charge in [-0.1, -0.05) is 25.5 Å². The van der Waals surface area contributed by atoms with Crippen LogP contribution in [0, 0.1) is 6.92 Å². The van der Waals surface area contributed by atoms with Crippen molar-refractivity contribution in [2.45, 2.75) is 27.7 Å². The standard InChI is InChI=1S/C17H15NO4.C2H6.CH4O/c1-11-3-8-16(14(9-11)10-19)18-17(21)13-4-6-15(7-5-13)22-12(2)20;2*1-2/h3-10H,1-2H3,(H,18,21);1-2H3;2H,1H3. The Hall–Kier alpha value is -2.99. The highest BCUT2D eigenvalue weighted by Crippen LogP contribution is 2.18. The lowest BCUT2D eigenvalue weighted by Crippen LogP contribution is -2.13. The summed E-state index contributed by atoms with van der Waals surface area (Å²) in [5.74, 6) is -0.401. The van der Waals surface area contributed by atoms with Crippen LogP contribution in [0.3, 0.4) is 0 Å². The number of esters is 1. The third-order valence-corrected chi connectivity index (χ3v) is 2.96. The summed E-state index contributed by atoms with van der Waals surface area (Å²) in [6, 6.07) is 11.4. The van der Waals surface area contributed by atoms with Crippen LogP contribution in [0.4, 0.5) is 5.69 Å². The first-order valence-electron chi connectivity index (χ1n) is 8.10. The van der Waals surface area contributed by atoms with Crippen LogP contribution in [0.25, 0.3) is 0 Å². The lowest BCUT2D eigenvalue weighted by atomic mass is 10.1. The highest BCUT2D eigenvalue weighted by atomic mass is 16.5. The van der Waals surface area contributed by atoms with Crippen molar-refractivity contribution in [2.75, 3.05) is 12.4 Å². The van der Waals surface area contributed by atoms with Gasteiger partial charge in [0.1, 0.15) is 5.75 Å². The molecule has 0 unspecified atom stereocenters. The molecule has 2 aromatic carbocycles. The largest absolute Gasteiger partial charge is 0.427 e. The van der Waals surface area contributed by atoms with Gasteiger partial charge in [0.15, 0.2) is 6.29 Å². The number of anilines is 1. The Labute approximate surface area is 153 Å². The summed E-state index contributed by atoms with van der Waals surface area (Å²) in [5.41, 5.74) is 2.21. The maximum absolute atomic E-state index is 12.2. The number of aliphatic hydroxyl groups is 1. The Bertz CT molecular complexity index is 723. The van der Waals surface area contributed by atoms with Crippen molar-refractivity contribution in [1.82, 2.24) is 0 Å². The highest BCUT2D eigenvalue weighted by Gasteiger charge is 2.09. The van der Waals surface area contributed by atoms with E-state index in [1.165, 1.54) is 19.1 Å². The molecule has 6 nitrogen and oxygen atoms in total. The van der Waals surface area contributed by atoms with E-state index in [-0.39, 0.29) is 5.91 Å². The molecular weight excluding hydrogens is 334 g/mol. The number of carbonyl (C=O) groups excluding carboxylic acids is 3. The molecule has 0 bridgehead atoms. The summed E-state index contributed by atoms with van der Waals surface area (Å²) in [6.45, 7) is 7.17. The van der Waals surface area contributed by atoms with Crippen molar-refractivity contribution in [3.63, 3.8) is 0 Å². The lowest BCUT2D eigenvalue weighted by molar-refractivity contribution is -0.131. The van der Waals surface area contributed by atoms with E-state index in [1.807, 2.05) is 26.8 Å². The van der Waals surface area contributed by atoms with Crippen molar-refractivity contribution in [3.8, 4) is 5.75 Å². The number of aldehydes is 1. The van der Waals surface area contributed by atoms with Crippen molar-refractivity contribution in [3.05, 3.63) is 59.2 Å². The number of aryl methyl sites for hydroxylation is 1. The summed E-state index contributed by atoms with van der Waals surface area (Å²) in [4.78, 5) is 34.0. The van der Waals surface area contributed by atoms with Crippen LogP contribution in [-0.2, 0) is 4.79 Å². The Morgan fingerprint density at radius 2 is 1.62 bits per heavy atom. The van der Waals surface area contributed by atoms with Gasteiger partial charge in [-0.2, -0.15) is 0 Å². The Kier molecular flexibility index (Phi) is 11.0. The third kappa shape index (κ3) is 7.27.